The summed E-state index contributed by atoms with van der Waals surface area (Å²) in [4.78, 5) is 12.5. The average molecular weight is 307 g/mol. The highest BCUT2D eigenvalue weighted by molar-refractivity contribution is 5.99. The SMILES string of the molecule is CCOC(=O)c1c(Cc2ccccc2)c2cc(C)ccc2n1C. The van der Waals surface area contributed by atoms with Crippen LogP contribution in [0, 0.1) is 6.92 Å². The molecule has 3 rings (SSSR count). The Morgan fingerprint density at radius 2 is 1.87 bits per heavy atom. The zero-order chi connectivity index (χ0) is 16.4. The number of fused-ring (bicyclic) bond motifs is 1. The van der Waals surface area contributed by atoms with Gasteiger partial charge in [-0.3, -0.25) is 0 Å². The quantitative estimate of drug-likeness (QED) is 0.675. The van der Waals surface area contributed by atoms with Gasteiger partial charge in [-0.25, -0.2) is 4.79 Å². The van der Waals surface area contributed by atoms with Crippen molar-refractivity contribution in [2.45, 2.75) is 20.3 Å². The van der Waals surface area contributed by atoms with Crippen molar-refractivity contribution < 1.29 is 9.53 Å². The molecule has 3 nitrogen and oxygen atoms in total. The van der Waals surface area contributed by atoms with E-state index < -0.39 is 0 Å². The first-order chi connectivity index (χ1) is 11.1. The Kier molecular flexibility index (Phi) is 4.20. The Morgan fingerprint density at radius 3 is 2.57 bits per heavy atom. The molecule has 3 aromatic rings. The zero-order valence-corrected chi connectivity index (χ0v) is 13.8. The summed E-state index contributed by atoms with van der Waals surface area (Å²) in [7, 11) is 1.93. The fourth-order valence-electron chi connectivity index (χ4n) is 3.07. The molecule has 2 aromatic carbocycles. The Labute approximate surface area is 136 Å². The number of aryl methyl sites for hydroxylation is 2. The number of rotatable bonds is 4. The van der Waals surface area contributed by atoms with E-state index in [1.165, 1.54) is 11.1 Å². The van der Waals surface area contributed by atoms with Gasteiger partial charge in [-0.2, -0.15) is 0 Å². The van der Waals surface area contributed by atoms with E-state index in [2.05, 4.69) is 37.3 Å². The van der Waals surface area contributed by atoms with Gasteiger partial charge >= 0.3 is 5.97 Å². The van der Waals surface area contributed by atoms with Crippen LogP contribution in [0.3, 0.4) is 0 Å². The number of benzene rings is 2. The average Bonchev–Trinajstić information content (AvgIpc) is 2.80. The van der Waals surface area contributed by atoms with Gasteiger partial charge in [-0.15, -0.1) is 0 Å². The normalized spacial score (nSPS) is 10.9. The molecule has 3 heteroatoms. The van der Waals surface area contributed by atoms with E-state index in [0.29, 0.717) is 12.3 Å². The largest absolute Gasteiger partial charge is 0.461 e. The minimum atomic E-state index is -0.255. The second-order valence-corrected chi connectivity index (χ2v) is 5.79. The minimum absolute atomic E-state index is 0.255. The first kappa shape index (κ1) is 15.3. The van der Waals surface area contributed by atoms with E-state index >= 15 is 0 Å². The fraction of sp³-hybridized carbons (Fsp3) is 0.250. The second kappa shape index (κ2) is 6.29. The predicted octanol–water partition coefficient (Wildman–Crippen LogP) is 4.25. The van der Waals surface area contributed by atoms with E-state index in [0.717, 1.165) is 22.9 Å². The molecule has 0 N–H and O–H groups in total. The molecular weight excluding hydrogens is 286 g/mol. The first-order valence-electron chi connectivity index (χ1n) is 7.90. The van der Waals surface area contributed by atoms with Crippen molar-refractivity contribution >= 4 is 16.9 Å². The Bertz CT molecular complexity index is 847. The monoisotopic (exact) mass is 307 g/mol. The summed E-state index contributed by atoms with van der Waals surface area (Å²) in [6, 6.07) is 16.5. The molecule has 0 amide bonds. The number of ether oxygens (including phenoxy) is 1. The Hall–Kier alpha value is -2.55. The van der Waals surface area contributed by atoms with Crippen LogP contribution in [-0.2, 0) is 18.2 Å². The standard InChI is InChI=1S/C20H21NO2/c1-4-23-20(22)19-17(13-15-8-6-5-7-9-15)16-12-14(2)10-11-18(16)21(19)3/h5-12H,4,13H2,1-3H3. The number of nitrogens with zero attached hydrogens (tertiary/aromatic N) is 1. The summed E-state index contributed by atoms with van der Waals surface area (Å²) >= 11 is 0. The van der Waals surface area contributed by atoms with Crippen LogP contribution in [0.4, 0.5) is 0 Å². The lowest BCUT2D eigenvalue weighted by Crippen LogP contribution is -2.12. The van der Waals surface area contributed by atoms with E-state index in [-0.39, 0.29) is 5.97 Å². The van der Waals surface area contributed by atoms with Gasteiger partial charge in [0, 0.05) is 24.4 Å². The number of hydrogen-bond donors (Lipinski definition) is 0. The van der Waals surface area contributed by atoms with E-state index in [9.17, 15) is 4.79 Å². The van der Waals surface area contributed by atoms with Crippen LogP contribution in [0.15, 0.2) is 48.5 Å². The Balaban J connectivity index is 2.21. The van der Waals surface area contributed by atoms with Crippen LogP contribution in [-0.4, -0.2) is 17.1 Å². The molecule has 0 fully saturated rings. The maximum Gasteiger partial charge on any atom is 0.355 e. The second-order valence-electron chi connectivity index (χ2n) is 5.79. The molecule has 0 saturated heterocycles. The molecule has 0 unspecified atom stereocenters. The molecule has 0 spiro atoms. The van der Waals surface area contributed by atoms with Gasteiger partial charge in [-0.1, -0.05) is 42.0 Å². The zero-order valence-electron chi connectivity index (χ0n) is 13.8. The smallest absolute Gasteiger partial charge is 0.355 e. The fourth-order valence-corrected chi connectivity index (χ4v) is 3.07. The minimum Gasteiger partial charge on any atom is -0.461 e. The van der Waals surface area contributed by atoms with Gasteiger partial charge in [-0.05, 0) is 37.1 Å². The lowest BCUT2D eigenvalue weighted by molar-refractivity contribution is 0.0514. The Morgan fingerprint density at radius 1 is 1.13 bits per heavy atom. The van der Waals surface area contributed by atoms with Crippen molar-refractivity contribution in [1.29, 1.82) is 0 Å². The molecule has 0 aliphatic heterocycles. The van der Waals surface area contributed by atoms with Gasteiger partial charge in [0.15, 0.2) is 0 Å². The first-order valence-corrected chi connectivity index (χ1v) is 7.90. The number of carbonyl (C=O) groups excluding carboxylic acids is 1. The molecule has 1 aromatic heterocycles. The van der Waals surface area contributed by atoms with Crippen molar-refractivity contribution in [2.24, 2.45) is 7.05 Å². The highest BCUT2D eigenvalue weighted by atomic mass is 16.5. The molecule has 23 heavy (non-hydrogen) atoms. The van der Waals surface area contributed by atoms with E-state index in [4.69, 9.17) is 4.74 Å². The summed E-state index contributed by atoms with van der Waals surface area (Å²) < 4.78 is 7.24. The van der Waals surface area contributed by atoms with Crippen molar-refractivity contribution in [3.05, 3.63) is 70.9 Å². The molecule has 0 atom stereocenters. The summed E-state index contributed by atoms with van der Waals surface area (Å²) in [5.41, 5.74) is 5.12. The van der Waals surface area contributed by atoms with E-state index in [1.54, 1.807) is 0 Å². The molecule has 1 heterocycles. The third kappa shape index (κ3) is 2.87. The number of carbonyl (C=O) groups is 1. The summed E-state index contributed by atoms with van der Waals surface area (Å²) in [5.74, 6) is -0.255. The predicted molar refractivity (Wildman–Crippen MR) is 92.9 cm³/mol. The molecule has 0 aliphatic carbocycles. The van der Waals surface area contributed by atoms with Crippen molar-refractivity contribution in [1.82, 2.24) is 4.57 Å². The van der Waals surface area contributed by atoms with Crippen LogP contribution in [0.2, 0.25) is 0 Å². The van der Waals surface area contributed by atoms with Gasteiger partial charge in [0.25, 0.3) is 0 Å². The van der Waals surface area contributed by atoms with E-state index in [1.807, 2.05) is 36.7 Å². The van der Waals surface area contributed by atoms with Crippen LogP contribution in [0.25, 0.3) is 10.9 Å². The van der Waals surface area contributed by atoms with Crippen molar-refractivity contribution in [3.63, 3.8) is 0 Å². The van der Waals surface area contributed by atoms with Gasteiger partial charge in [0.2, 0.25) is 0 Å². The maximum atomic E-state index is 12.5. The van der Waals surface area contributed by atoms with Gasteiger partial charge < -0.3 is 9.30 Å². The highest BCUT2D eigenvalue weighted by Crippen LogP contribution is 2.29. The summed E-state index contributed by atoms with van der Waals surface area (Å²) in [5, 5.41) is 1.12. The number of hydrogen-bond acceptors (Lipinski definition) is 2. The third-order valence-corrected chi connectivity index (χ3v) is 4.15. The summed E-state index contributed by atoms with van der Waals surface area (Å²) in [6.45, 7) is 4.29. The number of aromatic nitrogens is 1. The maximum absolute atomic E-state index is 12.5. The van der Waals surface area contributed by atoms with Crippen LogP contribution >= 0.6 is 0 Å². The lowest BCUT2D eigenvalue weighted by atomic mass is 10.0. The topological polar surface area (TPSA) is 31.2 Å². The highest BCUT2D eigenvalue weighted by Gasteiger charge is 2.22. The molecule has 0 bridgehead atoms. The number of esters is 1. The molecule has 0 saturated carbocycles. The van der Waals surface area contributed by atoms with Crippen LogP contribution in [0.5, 0.6) is 0 Å². The van der Waals surface area contributed by atoms with Crippen LogP contribution in [0.1, 0.15) is 34.1 Å². The van der Waals surface area contributed by atoms with Crippen molar-refractivity contribution in [3.8, 4) is 0 Å². The van der Waals surface area contributed by atoms with Crippen molar-refractivity contribution in [2.75, 3.05) is 6.61 Å². The lowest BCUT2D eigenvalue weighted by Gasteiger charge is -2.07. The molecular formula is C20H21NO2. The van der Waals surface area contributed by atoms with Gasteiger partial charge in [0.1, 0.15) is 5.69 Å². The summed E-state index contributed by atoms with van der Waals surface area (Å²) in [6.07, 6.45) is 0.718. The van der Waals surface area contributed by atoms with Gasteiger partial charge in [0.05, 0.1) is 6.61 Å². The molecule has 0 radical (unpaired) electrons. The molecule has 0 aliphatic rings. The third-order valence-electron chi connectivity index (χ3n) is 4.15. The molecule has 118 valence electrons. The van der Waals surface area contributed by atoms with Crippen LogP contribution < -0.4 is 0 Å².